The number of rotatable bonds is 7. The fourth-order valence-electron chi connectivity index (χ4n) is 1.37. The zero-order valence-corrected chi connectivity index (χ0v) is 10.0. The van der Waals surface area contributed by atoms with Crippen molar-refractivity contribution >= 4 is 11.8 Å². The highest BCUT2D eigenvalue weighted by Gasteiger charge is 2.07. The number of anilines is 1. The van der Waals surface area contributed by atoms with Crippen LogP contribution in [0.15, 0.2) is 12.4 Å². The van der Waals surface area contributed by atoms with Crippen LogP contribution in [0.5, 0.6) is 0 Å². The summed E-state index contributed by atoms with van der Waals surface area (Å²) in [7, 11) is 1.67. The van der Waals surface area contributed by atoms with E-state index in [9.17, 15) is 4.79 Å². The van der Waals surface area contributed by atoms with Gasteiger partial charge in [-0.3, -0.25) is 0 Å². The van der Waals surface area contributed by atoms with Crippen LogP contribution in [-0.2, 0) is 4.74 Å². The lowest BCUT2D eigenvalue weighted by atomic mass is 10.2. The average Bonchev–Trinajstić information content (AvgIpc) is 2.35. The second-order valence-corrected chi connectivity index (χ2v) is 3.62. The van der Waals surface area contributed by atoms with Gasteiger partial charge in [0, 0.05) is 13.7 Å². The Morgan fingerprint density at radius 1 is 1.53 bits per heavy atom. The lowest BCUT2D eigenvalue weighted by molar-refractivity contribution is 0.0690. The molecule has 94 valence electrons. The Morgan fingerprint density at radius 3 is 2.76 bits per heavy atom. The summed E-state index contributed by atoms with van der Waals surface area (Å²) in [6, 6.07) is 0. The smallest absolute Gasteiger partial charge is 0.356 e. The molecule has 1 aromatic rings. The van der Waals surface area contributed by atoms with E-state index in [2.05, 4.69) is 22.2 Å². The highest BCUT2D eigenvalue weighted by atomic mass is 16.5. The zero-order chi connectivity index (χ0) is 12.7. The summed E-state index contributed by atoms with van der Waals surface area (Å²) in [4.78, 5) is 18.3. The molecule has 0 aliphatic rings. The number of carboxylic acids is 1. The Hall–Kier alpha value is -1.69. The van der Waals surface area contributed by atoms with Crippen LogP contribution in [0.1, 0.15) is 30.3 Å². The molecule has 1 heterocycles. The van der Waals surface area contributed by atoms with Crippen LogP contribution in [0.4, 0.5) is 5.82 Å². The SMILES string of the molecule is CCCC(CNc1cnc(C(=O)O)cn1)OC. The highest BCUT2D eigenvalue weighted by molar-refractivity contribution is 5.84. The fraction of sp³-hybridized carbons (Fsp3) is 0.545. The molecule has 6 nitrogen and oxygen atoms in total. The Kier molecular flexibility index (Phi) is 5.35. The lowest BCUT2D eigenvalue weighted by Gasteiger charge is -2.15. The minimum Gasteiger partial charge on any atom is -0.476 e. The molecule has 0 saturated carbocycles. The van der Waals surface area contributed by atoms with Gasteiger partial charge in [-0.05, 0) is 6.42 Å². The van der Waals surface area contributed by atoms with Crippen molar-refractivity contribution in [3.63, 3.8) is 0 Å². The molecule has 0 aliphatic carbocycles. The van der Waals surface area contributed by atoms with E-state index in [1.165, 1.54) is 12.4 Å². The van der Waals surface area contributed by atoms with Gasteiger partial charge in [-0.25, -0.2) is 14.8 Å². The van der Waals surface area contributed by atoms with Crippen LogP contribution in [0, 0.1) is 0 Å². The number of nitrogens with one attached hydrogen (secondary N) is 1. The van der Waals surface area contributed by atoms with Crippen molar-refractivity contribution in [2.75, 3.05) is 19.0 Å². The molecule has 0 aromatic carbocycles. The number of ether oxygens (including phenoxy) is 1. The number of methoxy groups -OCH3 is 1. The van der Waals surface area contributed by atoms with Crippen molar-refractivity contribution in [2.24, 2.45) is 0 Å². The zero-order valence-electron chi connectivity index (χ0n) is 10.0. The van der Waals surface area contributed by atoms with E-state index in [0.717, 1.165) is 12.8 Å². The Bertz CT molecular complexity index is 353. The summed E-state index contributed by atoms with van der Waals surface area (Å²) in [6.07, 6.45) is 4.77. The first-order valence-corrected chi connectivity index (χ1v) is 5.49. The number of hydrogen-bond acceptors (Lipinski definition) is 5. The first-order chi connectivity index (χ1) is 8.17. The Labute approximate surface area is 100 Å². The van der Waals surface area contributed by atoms with Crippen molar-refractivity contribution < 1.29 is 14.6 Å². The summed E-state index contributed by atoms with van der Waals surface area (Å²) in [5.41, 5.74) is -0.0626. The lowest BCUT2D eigenvalue weighted by Crippen LogP contribution is -2.22. The van der Waals surface area contributed by atoms with Gasteiger partial charge in [0.1, 0.15) is 5.82 Å². The third kappa shape index (κ3) is 4.36. The van der Waals surface area contributed by atoms with Gasteiger partial charge in [-0.15, -0.1) is 0 Å². The van der Waals surface area contributed by atoms with E-state index >= 15 is 0 Å². The topological polar surface area (TPSA) is 84.3 Å². The predicted molar refractivity (Wildman–Crippen MR) is 63.2 cm³/mol. The molecule has 0 radical (unpaired) electrons. The van der Waals surface area contributed by atoms with E-state index in [1.54, 1.807) is 7.11 Å². The Morgan fingerprint density at radius 2 is 2.29 bits per heavy atom. The number of nitrogens with zero attached hydrogens (tertiary/aromatic N) is 2. The average molecular weight is 239 g/mol. The number of carboxylic acid groups (broad SMARTS) is 1. The number of carbonyl (C=O) groups is 1. The Balaban J connectivity index is 2.48. The van der Waals surface area contributed by atoms with E-state index in [0.29, 0.717) is 12.4 Å². The molecule has 0 amide bonds. The van der Waals surface area contributed by atoms with Gasteiger partial charge < -0.3 is 15.2 Å². The molecular weight excluding hydrogens is 222 g/mol. The van der Waals surface area contributed by atoms with E-state index in [1.807, 2.05) is 0 Å². The van der Waals surface area contributed by atoms with Crippen LogP contribution >= 0.6 is 0 Å². The van der Waals surface area contributed by atoms with Crippen molar-refractivity contribution in [1.82, 2.24) is 9.97 Å². The van der Waals surface area contributed by atoms with Gasteiger partial charge in [-0.2, -0.15) is 0 Å². The summed E-state index contributed by atoms with van der Waals surface area (Å²) < 4.78 is 5.27. The van der Waals surface area contributed by atoms with Crippen molar-refractivity contribution in [3.05, 3.63) is 18.1 Å². The molecule has 17 heavy (non-hydrogen) atoms. The molecule has 0 fully saturated rings. The van der Waals surface area contributed by atoms with E-state index < -0.39 is 5.97 Å². The second-order valence-electron chi connectivity index (χ2n) is 3.62. The summed E-state index contributed by atoms with van der Waals surface area (Å²) in [6.45, 7) is 2.72. The normalized spacial score (nSPS) is 12.1. The standard InChI is InChI=1S/C11H17N3O3/c1-3-4-8(17-2)5-13-10-7-12-9(6-14-10)11(15)16/h6-8H,3-5H2,1-2H3,(H,13,14)(H,15,16). The minimum absolute atomic E-state index is 0.0626. The molecule has 1 rings (SSSR count). The molecule has 1 atom stereocenters. The first kappa shape index (κ1) is 13.4. The summed E-state index contributed by atoms with van der Waals surface area (Å²) >= 11 is 0. The highest BCUT2D eigenvalue weighted by Crippen LogP contribution is 2.05. The van der Waals surface area contributed by atoms with Crippen LogP contribution in [0.3, 0.4) is 0 Å². The van der Waals surface area contributed by atoms with Crippen LogP contribution in [-0.4, -0.2) is 40.8 Å². The van der Waals surface area contributed by atoms with Gasteiger partial charge in [0.05, 0.1) is 18.5 Å². The maximum atomic E-state index is 10.6. The largest absolute Gasteiger partial charge is 0.476 e. The van der Waals surface area contributed by atoms with Gasteiger partial charge in [-0.1, -0.05) is 13.3 Å². The predicted octanol–water partition coefficient (Wildman–Crippen LogP) is 1.40. The fourth-order valence-corrected chi connectivity index (χ4v) is 1.37. The maximum absolute atomic E-state index is 10.6. The van der Waals surface area contributed by atoms with Crippen molar-refractivity contribution in [1.29, 1.82) is 0 Å². The molecule has 0 aliphatic heterocycles. The van der Waals surface area contributed by atoms with E-state index in [-0.39, 0.29) is 11.8 Å². The van der Waals surface area contributed by atoms with Gasteiger partial charge in [0.15, 0.2) is 5.69 Å². The van der Waals surface area contributed by atoms with Crippen molar-refractivity contribution in [2.45, 2.75) is 25.9 Å². The van der Waals surface area contributed by atoms with Gasteiger partial charge >= 0.3 is 5.97 Å². The molecule has 1 unspecified atom stereocenters. The molecular formula is C11H17N3O3. The quantitative estimate of drug-likeness (QED) is 0.748. The van der Waals surface area contributed by atoms with Crippen LogP contribution in [0.2, 0.25) is 0 Å². The van der Waals surface area contributed by atoms with Gasteiger partial charge in [0.25, 0.3) is 0 Å². The first-order valence-electron chi connectivity index (χ1n) is 5.49. The third-order valence-electron chi connectivity index (χ3n) is 2.33. The molecule has 6 heteroatoms. The third-order valence-corrected chi connectivity index (χ3v) is 2.33. The molecule has 2 N–H and O–H groups in total. The number of hydrogen-bond donors (Lipinski definition) is 2. The maximum Gasteiger partial charge on any atom is 0.356 e. The minimum atomic E-state index is -1.08. The monoisotopic (exact) mass is 239 g/mol. The molecule has 0 spiro atoms. The van der Waals surface area contributed by atoms with Crippen LogP contribution < -0.4 is 5.32 Å². The summed E-state index contributed by atoms with van der Waals surface area (Å²) in [5.74, 6) is -0.530. The molecule has 1 aromatic heterocycles. The molecule has 0 bridgehead atoms. The van der Waals surface area contributed by atoms with Gasteiger partial charge in [0.2, 0.25) is 0 Å². The van der Waals surface area contributed by atoms with E-state index in [4.69, 9.17) is 9.84 Å². The summed E-state index contributed by atoms with van der Waals surface area (Å²) in [5, 5.41) is 11.7. The van der Waals surface area contributed by atoms with Crippen LogP contribution in [0.25, 0.3) is 0 Å². The second kappa shape index (κ2) is 6.80. The van der Waals surface area contributed by atoms with Crippen molar-refractivity contribution in [3.8, 4) is 0 Å². The number of aromatic nitrogens is 2. The number of aromatic carboxylic acids is 1. The molecule has 0 saturated heterocycles.